The van der Waals surface area contributed by atoms with Gasteiger partial charge in [-0.15, -0.1) is 0 Å². The molecule has 1 saturated heterocycles. The lowest BCUT2D eigenvalue weighted by atomic mass is 9.94. The number of hydrogen-bond acceptors (Lipinski definition) is 13. The van der Waals surface area contributed by atoms with Gasteiger partial charge in [-0.2, -0.15) is 0 Å². The highest BCUT2D eigenvalue weighted by molar-refractivity contribution is 5.97. The van der Waals surface area contributed by atoms with Crippen LogP contribution in [0, 0.1) is 17.8 Å². The molecule has 0 aliphatic carbocycles. The van der Waals surface area contributed by atoms with Crippen LogP contribution >= 0.6 is 0 Å². The van der Waals surface area contributed by atoms with E-state index >= 15 is 0 Å². The van der Waals surface area contributed by atoms with Crippen molar-refractivity contribution in [3.63, 3.8) is 0 Å². The Hall–Kier alpha value is -7.86. The van der Waals surface area contributed by atoms with Gasteiger partial charge in [0.1, 0.15) is 42.0 Å². The molecule has 422 valence electrons. The molecule has 0 radical (unpaired) electrons. The number of methoxy groups -OCH3 is 1. The Kier molecular flexibility index (Phi) is 25.7. The van der Waals surface area contributed by atoms with Crippen LogP contribution in [-0.4, -0.2) is 160 Å². The van der Waals surface area contributed by atoms with E-state index in [2.05, 4.69) is 36.9 Å². The number of aromatic hydroxyl groups is 1. The number of aliphatic hydroxyl groups excluding tert-OH is 1. The maximum absolute atomic E-state index is 14.5. The standard InChI is InChI=1S/C53H76N10O14/c1-29(26-30(2)42(77-7)27-35-12-9-8-10-13-35)15-21-37-31(3)45(67)61-40(51(73)74)23-24-43(66)63(6)41(28-64)50(72)57-33(5)47(69)60-39(22-18-34-16-19-36(65)20-17-34)49(71)62-44(52(75)76)32(4)46(68)59-38(48(70)58-37)14-11-25-56-53(54)55/h8-10,12-13,15-17,19-21,26,30-33,37-42,44,64-65H,11,14,18,22-25,27-28H2,1-7H3,(H,57,72)(H,58,70)(H,59,68)(H,60,69)(H,61,67)(H,62,71)(H,73,74)(H,75,76)(H4,54,55,56). The molecule has 1 heterocycles. The fraction of sp³-hybridized carbons (Fsp3) is 0.509. The van der Waals surface area contributed by atoms with E-state index in [-0.39, 0.29) is 56.0 Å². The molecule has 1 aliphatic rings. The minimum Gasteiger partial charge on any atom is -0.508 e. The predicted octanol–water partition coefficient (Wildman–Crippen LogP) is -0.242. The third-order valence-electron chi connectivity index (χ3n) is 13.2. The van der Waals surface area contributed by atoms with E-state index in [1.54, 1.807) is 32.2 Å². The van der Waals surface area contributed by atoms with Crippen LogP contribution in [0.3, 0.4) is 0 Å². The van der Waals surface area contributed by atoms with E-state index < -0.39 is 127 Å². The number of carbonyl (C=O) groups is 9. The maximum Gasteiger partial charge on any atom is 0.327 e. The number of carbonyl (C=O) groups excluding carboxylic acids is 7. The normalized spacial score (nSPS) is 25.1. The Bertz CT molecular complexity index is 2450. The van der Waals surface area contributed by atoms with Gasteiger partial charge in [-0.25, -0.2) is 9.59 Å². The van der Waals surface area contributed by atoms with Crippen LogP contribution in [0.1, 0.15) is 77.8 Å². The first kappa shape index (κ1) is 63.4. The topological polar surface area (TPSA) is 384 Å². The molecule has 2 aromatic carbocycles. The van der Waals surface area contributed by atoms with Crippen LogP contribution in [-0.2, 0) is 60.7 Å². The number of nitrogens with one attached hydrogen (secondary N) is 6. The van der Waals surface area contributed by atoms with Crippen molar-refractivity contribution in [1.82, 2.24) is 36.8 Å². The number of aliphatic imine (C=N–C) groups is 1. The van der Waals surface area contributed by atoms with Crippen LogP contribution in [0.5, 0.6) is 5.75 Å². The average Bonchev–Trinajstić information content (AvgIpc) is 3.38. The van der Waals surface area contributed by atoms with Gasteiger partial charge in [0.2, 0.25) is 41.4 Å². The Morgan fingerprint density at radius 1 is 0.779 bits per heavy atom. The molecule has 77 heavy (non-hydrogen) atoms. The molecule has 1 aliphatic heterocycles. The first-order valence-electron chi connectivity index (χ1n) is 25.3. The van der Waals surface area contributed by atoms with Crippen molar-refractivity contribution in [3.05, 3.63) is 89.5 Å². The van der Waals surface area contributed by atoms with Crippen molar-refractivity contribution >= 4 is 59.2 Å². The van der Waals surface area contributed by atoms with Gasteiger partial charge in [0.25, 0.3) is 0 Å². The third-order valence-corrected chi connectivity index (χ3v) is 13.2. The zero-order chi connectivity index (χ0) is 57.5. The number of nitrogens with two attached hydrogens (primary N) is 2. The van der Waals surface area contributed by atoms with Gasteiger partial charge in [-0.3, -0.25) is 38.6 Å². The summed E-state index contributed by atoms with van der Waals surface area (Å²) in [5, 5.41) is 55.7. The Morgan fingerprint density at radius 3 is 1.99 bits per heavy atom. The molecule has 11 atom stereocenters. The molecule has 24 nitrogen and oxygen atoms in total. The second-order valence-corrected chi connectivity index (χ2v) is 19.2. The number of benzene rings is 2. The number of likely N-dealkylation sites (N-methyl/N-ethyl adjacent to an activating group) is 1. The SMILES string of the molecule is COC(Cc1ccccc1)C(C)C=C(C)C=CC1NC(=O)C(CCCN=C(N)N)NC(=O)C(C)C(C(=O)O)NC(=O)C(CCc2ccc(O)cc2)NC(=O)C(C)NC(=O)C(CO)N(C)C(=O)CCC(C(=O)O)NC(=O)C1C. The summed E-state index contributed by atoms with van der Waals surface area (Å²) in [6.07, 6.45) is 4.29. The van der Waals surface area contributed by atoms with E-state index in [0.717, 1.165) is 10.5 Å². The lowest BCUT2D eigenvalue weighted by molar-refractivity contribution is -0.146. The molecule has 7 amide bonds. The first-order valence-corrected chi connectivity index (χ1v) is 25.3. The molecule has 14 N–H and O–H groups in total. The second kappa shape index (κ2) is 31.3. The number of aliphatic carboxylic acids is 2. The van der Waals surface area contributed by atoms with Crippen LogP contribution in [0.2, 0.25) is 0 Å². The first-order chi connectivity index (χ1) is 36.4. The molecule has 3 rings (SSSR count). The zero-order valence-electron chi connectivity index (χ0n) is 44.6. The highest BCUT2D eigenvalue weighted by Crippen LogP contribution is 2.19. The summed E-state index contributed by atoms with van der Waals surface area (Å²) in [4.78, 5) is 128. The van der Waals surface area contributed by atoms with Gasteiger partial charge in [0, 0.05) is 33.0 Å². The van der Waals surface area contributed by atoms with Crippen molar-refractivity contribution in [2.45, 2.75) is 128 Å². The van der Waals surface area contributed by atoms with Gasteiger partial charge in [0.15, 0.2) is 5.96 Å². The zero-order valence-corrected chi connectivity index (χ0v) is 44.6. The molecule has 0 bridgehead atoms. The van der Waals surface area contributed by atoms with Gasteiger partial charge in [0.05, 0.1) is 30.6 Å². The van der Waals surface area contributed by atoms with Gasteiger partial charge >= 0.3 is 11.9 Å². The Labute approximate surface area is 447 Å². The van der Waals surface area contributed by atoms with Crippen LogP contribution < -0.4 is 43.4 Å². The summed E-state index contributed by atoms with van der Waals surface area (Å²) in [6.45, 7) is 6.65. The van der Waals surface area contributed by atoms with Crippen molar-refractivity contribution in [1.29, 1.82) is 0 Å². The summed E-state index contributed by atoms with van der Waals surface area (Å²) in [5.74, 6) is -13.0. The number of carboxylic acids is 2. The van der Waals surface area contributed by atoms with Gasteiger partial charge in [-0.1, -0.05) is 87.0 Å². The molecule has 11 unspecified atom stereocenters. The number of guanidine groups is 1. The minimum absolute atomic E-state index is 0.00250. The monoisotopic (exact) mass is 1080 g/mol. The lowest BCUT2D eigenvalue weighted by Gasteiger charge is -2.28. The minimum atomic E-state index is -1.96. The number of hydrogen-bond donors (Lipinski definition) is 12. The Balaban J connectivity index is 2.15. The van der Waals surface area contributed by atoms with E-state index in [1.807, 2.05) is 43.3 Å². The van der Waals surface area contributed by atoms with Crippen molar-refractivity contribution in [2.24, 2.45) is 34.2 Å². The fourth-order valence-electron chi connectivity index (χ4n) is 8.29. The smallest absolute Gasteiger partial charge is 0.327 e. The number of phenolic OH excluding ortho intramolecular Hbond substituents is 1. The van der Waals surface area contributed by atoms with Crippen molar-refractivity contribution < 1.29 is 68.3 Å². The number of ether oxygens (including phenoxy) is 1. The molecular formula is C53H76N10O14. The number of rotatable bonds is 17. The number of aryl methyl sites for hydroxylation is 1. The van der Waals surface area contributed by atoms with E-state index in [1.165, 1.54) is 46.0 Å². The highest BCUT2D eigenvalue weighted by atomic mass is 16.5. The molecule has 0 aromatic heterocycles. The molecule has 1 fully saturated rings. The number of nitrogens with zero attached hydrogens (tertiary/aromatic N) is 2. The summed E-state index contributed by atoms with van der Waals surface area (Å²) >= 11 is 0. The molecule has 0 spiro atoms. The third kappa shape index (κ3) is 20.7. The van der Waals surface area contributed by atoms with Gasteiger partial charge < -0.3 is 73.4 Å². The maximum atomic E-state index is 14.5. The van der Waals surface area contributed by atoms with Crippen LogP contribution in [0.25, 0.3) is 0 Å². The molecule has 0 saturated carbocycles. The summed E-state index contributed by atoms with van der Waals surface area (Å²) in [7, 11) is 2.77. The number of carboxylic acid groups (broad SMARTS) is 2. The van der Waals surface area contributed by atoms with Crippen molar-refractivity contribution in [2.75, 3.05) is 27.3 Å². The fourth-order valence-corrected chi connectivity index (χ4v) is 8.29. The number of amides is 7. The van der Waals surface area contributed by atoms with Crippen LogP contribution in [0.4, 0.5) is 0 Å². The number of allylic oxidation sites excluding steroid dienone is 2. The van der Waals surface area contributed by atoms with E-state index in [4.69, 9.17) is 16.2 Å². The lowest BCUT2D eigenvalue weighted by Crippen LogP contribution is -2.59. The van der Waals surface area contributed by atoms with Crippen LogP contribution in [0.15, 0.2) is 83.4 Å². The second-order valence-electron chi connectivity index (χ2n) is 19.2. The summed E-state index contributed by atoms with van der Waals surface area (Å²) < 4.78 is 5.82. The quantitative estimate of drug-likeness (QED) is 0.0421. The number of aliphatic hydroxyl groups is 1. The predicted molar refractivity (Wildman–Crippen MR) is 283 cm³/mol. The largest absolute Gasteiger partial charge is 0.508 e. The van der Waals surface area contributed by atoms with E-state index in [9.17, 15) is 63.6 Å². The average molecular weight is 1080 g/mol. The van der Waals surface area contributed by atoms with E-state index in [0.29, 0.717) is 17.6 Å². The van der Waals surface area contributed by atoms with Gasteiger partial charge in [-0.05, 0) is 75.6 Å². The summed E-state index contributed by atoms with van der Waals surface area (Å²) in [5.41, 5.74) is 13.4. The summed E-state index contributed by atoms with van der Waals surface area (Å²) in [6, 6.07) is 4.78. The molecular weight excluding hydrogens is 1000 g/mol. The molecule has 24 heteroatoms. The highest BCUT2D eigenvalue weighted by Gasteiger charge is 2.38. The Morgan fingerprint density at radius 2 is 1.39 bits per heavy atom. The number of phenols is 1. The van der Waals surface area contributed by atoms with Crippen molar-refractivity contribution in [3.8, 4) is 5.75 Å². The molecule has 2 aromatic rings.